The van der Waals surface area contributed by atoms with Gasteiger partial charge in [-0.05, 0) is 45.2 Å². The van der Waals surface area contributed by atoms with Crippen molar-refractivity contribution in [2.24, 2.45) is 0 Å². The molecule has 4 rings (SSSR count). The molecule has 0 bridgehead atoms. The predicted octanol–water partition coefficient (Wildman–Crippen LogP) is 2.43. The largest absolute Gasteiger partial charge is 0.465 e. The Morgan fingerprint density at radius 1 is 1.19 bits per heavy atom. The topological polar surface area (TPSA) is 194 Å². The highest BCUT2D eigenvalue weighted by molar-refractivity contribution is 7.92. The molecule has 3 aromatic rings. The maximum atomic E-state index is 12.6. The van der Waals surface area contributed by atoms with Crippen LogP contribution >= 0.6 is 0 Å². The second-order valence-electron chi connectivity index (χ2n) is 8.50. The number of benzene rings is 1. The molecular formula is C22H25N7O6S. The van der Waals surface area contributed by atoms with Crippen LogP contribution in [-0.2, 0) is 14.6 Å². The van der Waals surface area contributed by atoms with Gasteiger partial charge in [-0.25, -0.2) is 23.2 Å². The number of hydrogen-bond acceptors (Lipinski definition) is 10. The van der Waals surface area contributed by atoms with Gasteiger partial charge in [0, 0.05) is 12.1 Å². The molecule has 1 aliphatic rings. The number of nitrogens with zero attached hydrogens (tertiary/aromatic N) is 5. The van der Waals surface area contributed by atoms with Crippen molar-refractivity contribution in [3.05, 3.63) is 30.5 Å². The van der Waals surface area contributed by atoms with E-state index in [-0.39, 0.29) is 34.9 Å². The van der Waals surface area contributed by atoms with Gasteiger partial charge in [-0.2, -0.15) is 0 Å². The van der Waals surface area contributed by atoms with E-state index >= 15 is 0 Å². The minimum Gasteiger partial charge on any atom is -0.465 e. The Balaban J connectivity index is 1.55. The van der Waals surface area contributed by atoms with Crippen LogP contribution in [0.5, 0.6) is 0 Å². The highest BCUT2D eigenvalue weighted by Crippen LogP contribution is 2.28. The third-order valence-corrected chi connectivity index (χ3v) is 7.98. The second kappa shape index (κ2) is 9.89. The zero-order chi connectivity index (χ0) is 26.0. The molecule has 0 radical (unpaired) electrons. The number of likely N-dealkylation sites (tertiary alicyclic amines) is 1. The highest BCUT2D eigenvalue weighted by Gasteiger charge is 2.33. The van der Waals surface area contributed by atoms with Crippen molar-refractivity contribution >= 4 is 33.7 Å². The fourth-order valence-corrected chi connectivity index (χ4v) is 4.83. The van der Waals surface area contributed by atoms with E-state index in [4.69, 9.17) is 10.2 Å². The number of rotatable bonds is 6. The Labute approximate surface area is 206 Å². The van der Waals surface area contributed by atoms with Gasteiger partial charge in [0.05, 0.1) is 22.0 Å². The Morgan fingerprint density at radius 3 is 2.58 bits per heavy atom. The van der Waals surface area contributed by atoms with E-state index in [1.165, 1.54) is 18.3 Å². The van der Waals surface area contributed by atoms with Crippen LogP contribution in [0.25, 0.3) is 22.8 Å². The minimum absolute atomic E-state index is 0.00335. The van der Waals surface area contributed by atoms with Crippen LogP contribution < -0.4 is 11.1 Å². The SMILES string of the molecule is CC(C)S(=O)(=O)c1ccc(-c2cnc(N)c(-c3nnc(NC(=O)[C@@H]4CCCCN4C(=O)O)o3)n2)cc1. The first-order chi connectivity index (χ1) is 17.1. The Morgan fingerprint density at radius 2 is 1.92 bits per heavy atom. The van der Waals surface area contributed by atoms with Crippen molar-refractivity contribution in [1.82, 2.24) is 25.1 Å². The van der Waals surface area contributed by atoms with Crippen molar-refractivity contribution in [2.75, 3.05) is 17.6 Å². The number of carboxylic acid groups (broad SMARTS) is 1. The lowest BCUT2D eigenvalue weighted by Crippen LogP contribution is -2.49. The summed E-state index contributed by atoms with van der Waals surface area (Å²) in [5.41, 5.74) is 7.00. The molecule has 1 atom stereocenters. The molecule has 1 aromatic carbocycles. The monoisotopic (exact) mass is 515 g/mol. The van der Waals surface area contributed by atoms with Gasteiger partial charge >= 0.3 is 12.1 Å². The van der Waals surface area contributed by atoms with Crippen LogP contribution in [-0.4, -0.2) is 68.4 Å². The van der Waals surface area contributed by atoms with Crippen molar-refractivity contribution in [1.29, 1.82) is 0 Å². The molecule has 2 aromatic heterocycles. The van der Waals surface area contributed by atoms with Gasteiger partial charge < -0.3 is 15.3 Å². The summed E-state index contributed by atoms with van der Waals surface area (Å²) in [6.07, 6.45) is 2.05. The van der Waals surface area contributed by atoms with Crippen molar-refractivity contribution in [2.45, 2.75) is 49.3 Å². The summed E-state index contributed by atoms with van der Waals surface area (Å²) in [6, 6.07) is 5.11. The summed E-state index contributed by atoms with van der Waals surface area (Å²) in [4.78, 5) is 33.9. The molecule has 190 valence electrons. The molecule has 13 nitrogen and oxygen atoms in total. The molecule has 0 spiro atoms. The number of aromatic nitrogens is 4. The summed E-state index contributed by atoms with van der Waals surface area (Å²) in [6.45, 7) is 3.49. The first-order valence-corrected chi connectivity index (χ1v) is 12.7. The number of hydrogen-bond donors (Lipinski definition) is 3. The van der Waals surface area contributed by atoms with Gasteiger partial charge in [0.25, 0.3) is 11.8 Å². The van der Waals surface area contributed by atoms with E-state index in [2.05, 4.69) is 25.5 Å². The van der Waals surface area contributed by atoms with Gasteiger partial charge in [-0.1, -0.05) is 17.2 Å². The Hall–Kier alpha value is -4.07. The van der Waals surface area contributed by atoms with Gasteiger partial charge in [0.2, 0.25) is 0 Å². The molecular weight excluding hydrogens is 490 g/mol. The number of amides is 2. The zero-order valence-corrected chi connectivity index (χ0v) is 20.4. The Kier molecular flexibility index (Phi) is 6.88. The maximum Gasteiger partial charge on any atom is 0.407 e. The second-order valence-corrected chi connectivity index (χ2v) is 11.0. The first kappa shape index (κ1) is 25.0. The normalized spacial score (nSPS) is 16.2. The molecule has 4 N–H and O–H groups in total. The zero-order valence-electron chi connectivity index (χ0n) is 19.6. The van der Waals surface area contributed by atoms with Gasteiger partial charge in [0.1, 0.15) is 6.04 Å². The van der Waals surface area contributed by atoms with E-state index in [0.29, 0.717) is 24.1 Å². The molecule has 3 heterocycles. The highest BCUT2D eigenvalue weighted by atomic mass is 32.2. The number of nitrogens with one attached hydrogen (secondary N) is 1. The van der Waals surface area contributed by atoms with E-state index in [9.17, 15) is 23.1 Å². The molecule has 1 fully saturated rings. The summed E-state index contributed by atoms with van der Waals surface area (Å²) >= 11 is 0. The molecule has 1 saturated heterocycles. The average molecular weight is 516 g/mol. The fraction of sp³-hybridized carbons (Fsp3) is 0.364. The third-order valence-electron chi connectivity index (χ3n) is 5.81. The summed E-state index contributed by atoms with van der Waals surface area (Å²) in [5.74, 6) is -0.671. The summed E-state index contributed by atoms with van der Waals surface area (Å²) in [5, 5.41) is 18.9. The lowest BCUT2D eigenvalue weighted by atomic mass is 10.0. The van der Waals surface area contributed by atoms with E-state index in [1.807, 2.05) is 0 Å². The first-order valence-electron chi connectivity index (χ1n) is 11.2. The number of nitrogen functional groups attached to an aromatic ring is 1. The third kappa shape index (κ3) is 4.98. The maximum absolute atomic E-state index is 12.6. The molecule has 0 unspecified atom stereocenters. The number of piperidine rings is 1. The standard InChI is InChI=1S/C22H25N7O6S/c1-12(2)36(33,34)14-8-6-13(7-9-14)15-11-24-18(23)17(25-15)20-27-28-21(35-20)26-19(30)16-5-3-4-10-29(16)22(31)32/h6-9,11-12,16H,3-5,10H2,1-2H3,(H2,23,24)(H,31,32)(H,26,28,30)/t16-/m0/s1. The minimum atomic E-state index is -3.42. The smallest absolute Gasteiger partial charge is 0.407 e. The van der Waals surface area contributed by atoms with Gasteiger partial charge in [0.15, 0.2) is 21.3 Å². The Bertz CT molecular complexity index is 1390. The van der Waals surface area contributed by atoms with Crippen LogP contribution in [0.3, 0.4) is 0 Å². The number of anilines is 2. The lowest BCUT2D eigenvalue weighted by molar-refractivity contribution is -0.121. The number of carbonyl (C=O) groups excluding carboxylic acids is 1. The molecule has 1 aliphatic heterocycles. The van der Waals surface area contributed by atoms with Crippen LogP contribution in [0.1, 0.15) is 33.1 Å². The van der Waals surface area contributed by atoms with Crippen molar-refractivity contribution in [3.8, 4) is 22.8 Å². The summed E-state index contributed by atoms with van der Waals surface area (Å²) in [7, 11) is -3.42. The van der Waals surface area contributed by atoms with Crippen LogP contribution in [0.15, 0.2) is 39.8 Å². The molecule has 36 heavy (non-hydrogen) atoms. The van der Waals surface area contributed by atoms with Crippen LogP contribution in [0.4, 0.5) is 16.6 Å². The number of nitrogens with two attached hydrogens (primary N) is 1. The quantitative estimate of drug-likeness (QED) is 0.436. The average Bonchev–Trinajstić information content (AvgIpc) is 3.32. The lowest BCUT2D eigenvalue weighted by Gasteiger charge is -2.31. The van der Waals surface area contributed by atoms with Gasteiger partial charge in [-0.15, -0.1) is 5.10 Å². The number of carbonyl (C=O) groups is 2. The fourth-order valence-electron chi connectivity index (χ4n) is 3.77. The number of sulfone groups is 1. The molecule has 0 saturated carbocycles. The van der Waals surface area contributed by atoms with Crippen LogP contribution in [0.2, 0.25) is 0 Å². The van der Waals surface area contributed by atoms with Gasteiger partial charge in [-0.3, -0.25) is 15.0 Å². The molecule has 0 aliphatic carbocycles. The van der Waals surface area contributed by atoms with Crippen molar-refractivity contribution < 1.29 is 27.5 Å². The molecule has 2 amide bonds. The van der Waals surface area contributed by atoms with E-state index in [0.717, 1.165) is 11.3 Å². The molecule has 14 heteroatoms. The van der Waals surface area contributed by atoms with E-state index in [1.54, 1.807) is 26.0 Å². The van der Waals surface area contributed by atoms with E-state index < -0.39 is 33.1 Å². The predicted molar refractivity (Wildman–Crippen MR) is 128 cm³/mol. The van der Waals surface area contributed by atoms with Crippen LogP contribution in [0, 0.1) is 0 Å². The summed E-state index contributed by atoms with van der Waals surface area (Å²) < 4.78 is 30.2. The van der Waals surface area contributed by atoms with Crippen molar-refractivity contribution in [3.63, 3.8) is 0 Å².